The van der Waals surface area contributed by atoms with Gasteiger partial charge in [0, 0.05) is 12.0 Å². The molecule has 0 aliphatic carbocycles. The van der Waals surface area contributed by atoms with Crippen molar-refractivity contribution < 1.29 is 28.5 Å². The molecule has 198 valence electrons. The maximum absolute atomic E-state index is 13.2. The minimum Gasteiger partial charge on any atom is -0.497 e. The van der Waals surface area contributed by atoms with Crippen LogP contribution in [0, 0.1) is 11.8 Å². The van der Waals surface area contributed by atoms with Gasteiger partial charge in [-0.15, -0.1) is 0 Å². The summed E-state index contributed by atoms with van der Waals surface area (Å²) in [4.78, 5) is 36.7. The average Bonchev–Trinajstić information content (AvgIpc) is 3.15. The molecule has 1 aliphatic heterocycles. The highest BCUT2D eigenvalue weighted by Crippen LogP contribution is 2.35. The van der Waals surface area contributed by atoms with Crippen molar-refractivity contribution in [2.45, 2.75) is 72.1 Å². The van der Waals surface area contributed by atoms with E-state index in [-0.39, 0.29) is 36.0 Å². The number of nitrogens with zero attached hydrogens (tertiary/aromatic N) is 3. The number of benzene rings is 1. The van der Waals surface area contributed by atoms with Gasteiger partial charge in [0.15, 0.2) is 5.15 Å². The van der Waals surface area contributed by atoms with Gasteiger partial charge >= 0.3 is 12.1 Å². The number of halogens is 1. The van der Waals surface area contributed by atoms with Crippen molar-refractivity contribution in [3.63, 3.8) is 0 Å². The minimum absolute atomic E-state index is 0.0950. The van der Waals surface area contributed by atoms with Crippen molar-refractivity contribution in [1.82, 2.24) is 14.9 Å². The number of carbonyl (C=O) groups excluding carboxylic acids is 2. The van der Waals surface area contributed by atoms with E-state index in [1.54, 1.807) is 46.1 Å². The summed E-state index contributed by atoms with van der Waals surface area (Å²) in [6, 6.07) is 4.42. The Hall–Kier alpha value is -2.81. The summed E-state index contributed by atoms with van der Waals surface area (Å²) in [5.41, 5.74) is 0.417. The molecule has 1 fully saturated rings. The van der Waals surface area contributed by atoms with Gasteiger partial charge < -0.3 is 18.9 Å². The number of fused-ring (bicyclic) bond motifs is 1. The second-order valence-electron chi connectivity index (χ2n) is 10.4. The van der Waals surface area contributed by atoms with Crippen LogP contribution in [0.25, 0.3) is 11.0 Å². The highest BCUT2D eigenvalue weighted by molar-refractivity contribution is 6.31. The zero-order chi connectivity index (χ0) is 26.6. The van der Waals surface area contributed by atoms with E-state index < -0.39 is 29.8 Å². The van der Waals surface area contributed by atoms with E-state index in [2.05, 4.69) is 9.97 Å². The molecule has 1 aliphatic rings. The van der Waals surface area contributed by atoms with E-state index in [9.17, 15) is 9.59 Å². The molecule has 36 heavy (non-hydrogen) atoms. The van der Waals surface area contributed by atoms with Crippen molar-refractivity contribution in [2.75, 3.05) is 20.3 Å². The van der Waals surface area contributed by atoms with Crippen LogP contribution in [-0.2, 0) is 14.3 Å². The third-order valence-electron chi connectivity index (χ3n) is 5.71. The lowest BCUT2D eigenvalue weighted by molar-refractivity contribution is -0.151. The third kappa shape index (κ3) is 6.69. The molecule has 0 radical (unpaired) electrons. The molecule has 10 heteroatoms. The largest absolute Gasteiger partial charge is 0.497 e. The first-order valence-corrected chi connectivity index (χ1v) is 12.7. The Balaban J connectivity index is 1.95. The average molecular weight is 522 g/mol. The van der Waals surface area contributed by atoms with Gasteiger partial charge in [-0.2, -0.15) is 0 Å². The van der Waals surface area contributed by atoms with Crippen LogP contribution in [0.4, 0.5) is 4.79 Å². The van der Waals surface area contributed by atoms with Crippen LogP contribution in [0.1, 0.15) is 54.4 Å². The van der Waals surface area contributed by atoms with Crippen molar-refractivity contribution in [3.8, 4) is 11.6 Å². The number of hydrogen-bond acceptors (Lipinski definition) is 8. The Morgan fingerprint density at radius 1 is 1.19 bits per heavy atom. The van der Waals surface area contributed by atoms with Crippen LogP contribution < -0.4 is 9.47 Å². The topological polar surface area (TPSA) is 100 Å². The Kier molecular flexibility index (Phi) is 8.87. The van der Waals surface area contributed by atoms with Gasteiger partial charge in [-0.3, -0.25) is 4.90 Å². The van der Waals surface area contributed by atoms with Crippen molar-refractivity contribution >= 4 is 34.7 Å². The summed E-state index contributed by atoms with van der Waals surface area (Å²) in [5.74, 6) is 0.0917. The lowest BCUT2D eigenvalue weighted by Crippen LogP contribution is -2.46. The zero-order valence-corrected chi connectivity index (χ0v) is 22.8. The molecule has 1 amide bonds. The van der Waals surface area contributed by atoms with E-state index >= 15 is 0 Å². The van der Waals surface area contributed by atoms with Gasteiger partial charge in [-0.05, 0) is 45.2 Å². The number of esters is 1. The van der Waals surface area contributed by atoms with E-state index in [0.717, 1.165) is 6.42 Å². The predicted octanol–water partition coefficient (Wildman–Crippen LogP) is 5.27. The quantitative estimate of drug-likeness (QED) is 0.433. The molecule has 2 aromatic rings. The molecule has 0 unspecified atom stereocenters. The summed E-state index contributed by atoms with van der Waals surface area (Å²) in [6.07, 6.45) is 0.234. The monoisotopic (exact) mass is 521 g/mol. The summed E-state index contributed by atoms with van der Waals surface area (Å²) >= 11 is 6.42. The lowest BCUT2D eigenvalue weighted by atomic mass is 9.93. The maximum Gasteiger partial charge on any atom is 0.411 e. The van der Waals surface area contributed by atoms with Crippen molar-refractivity contribution in [2.24, 2.45) is 11.8 Å². The van der Waals surface area contributed by atoms with Crippen LogP contribution in [0.15, 0.2) is 18.2 Å². The molecule has 9 nitrogen and oxygen atoms in total. The van der Waals surface area contributed by atoms with Crippen LogP contribution in [-0.4, -0.2) is 64.9 Å². The molecular weight excluding hydrogens is 486 g/mol. The second-order valence-corrected chi connectivity index (χ2v) is 10.7. The summed E-state index contributed by atoms with van der Waals surface area (Å²) < 4.78 is 22.7. The SMILES string of the molecule is CCC[C@@H]1[C@@H](Oc2nc3cc(OC)ccc3nc2Cl)CN(C(=O)OC(C)(C)C)[C@@H]1C(=O)OCC(C)C. The molecule has 1 aromatic carbocycles. The van der Waals surface area contributed by atoms with Crippen molar-refractivity contribution in [1.29, 1.82) is 0 Å². The molecule has 0 saturated carbocycles. The first-order valence-electron chi connectivity index (χ1n) is 12.3. The van der Waals surface area contributed by atoms with Crippen LogP contribution in [0.5, 0.6) is 11.6 Å². The summed E-state index contributed by atoms with van der Waals surface area (Å²) in [6.45, 7) is 11.6. The van der Waals surface area contributed by atoms with Gasteiger partial charge in [0.2, 0.25) is 0 Å². The molecule has 0 bridgehead atoms. The number of rotatable bonds is 8. The standard InChI is InChI=1S/C26H36ClN3O6/c1-8-9-17-20(35-23-22(27)28-18-11-10-16(33-7)12-19(18)29-23)13-30(25(32)36-26(4,5)6)21(17)24(31)34-14-15(2)3/h10-12,15,17,20-21H,8-9,13-14H2,1-7H3/t17-,20+,21+/m1/s1. The van der Waals surface area contributed by atoms with Crippen molar-refractivity contribution in [3.05, 3.63) is 23.4 Å². The fourth-order valence-corrected chi connectivity index (χ4v) is 4.34. The first-order chi connectivity index (χ1) is 16.9. The molecule has 0 N–H and O–H groups in total. The zero-order valence-electron chi connectivity index (χ0n) is 22.0. The normalized spacial score (nSPS) is 20.0. The number of carbonyl (C=O) groups is 2. The van der Waals surface area contributed by atoms with Gasteiger partial charge in [-0.25, -0.2) is 19.6 Å². The number of likely N-dealkylation sites (tertiary alicyclic amines) is 1. The Labute approximate surface area is 217 Å². The Morgan fingerprint density at radius 3 is 2.53 bits per heavy atom. The van der Waals surface area contributed by atoms with Crippen LogP contribution in [0.2, 0.25) is 5.15 Å². The van der Waals surface area contributed by atoms with E-state index in [1.165, 1.54) is 4.90 Å². The molecule has 3 rings (SSSR count). The number of ether oxygens (including phenoxy) is 4. The predicted molar refractivity (Wildman–Crippen MR) is 136 cm³/mol. The second kappa shape index (κ2) is 11.5. The molecule has 0 spiro atoms. The lowest BCUT2D eigenvalue weighted by Gasteiger charge is -2.29. The van der Waals surface area contributed by atoms with Crippen LogP contribution >= 0.6 is 11.6 Å². The van der Waals surface area contributed by atoms with Gasteiger partial charge in [0.1, 0.15) is 23.5 Å². The van der Waals surface area contributed by atoms with E-state index in [0.29, 0.717) is 23.2 Å². The molecule has 2 heterocycles. The summed E-state index contributed by atoms with van der Waals surface area (Å²) in [5, 5.41) is 0.0950. The number of methoxy groups -OCH3 is 1. The first kappa shape index (κ1) is 27.8. The molecule has 3 atom stereocenters. The number of hydrogen-bond donors (Lipinski definition) is 0. The fraction of sp³-hybridized carbons (Fsp3) is 0.615. The van der Waals surface area contributed by atoms with Gasteiger partial charge in [-0.1, -0.05) is 38.8 Å². The fourth-order valence-electron chi connectivity index (χ4n) is 4.17. The van der Waals surface area contributed by atoms with Gasteiger partial charge in [0.25, 0.3) is 5.88 Å². The Morgan fingerprint density at radius 2 is 1.92 bits per heavy atom. The minimum atomic E-state index is -0.851. The third-order valence-corrected chi connectivity index (χ3v) is 5.95. The Bertz CT molecular complexity index is 1090. The summed E-state index contributed by atoms with van der Waals surface area (Å²) in [7, 11) is 1.57. The molecule has 1 saturated heterocycles. The molecule has 1 aromatic heterocycles. The maximum atomic E-state index is 13.2. The van der Waals surface area contributed by atoms with E-state index in [4.69, 9.17) is 30.5 Å². The number of amides is 1. The van der Waals surface area contributed by atoms with E-state index in [1.807, 2.05) is 20.8 Å². The number of aromatic nitrogens is 2. The molecular formula is C26H36ClN3O6. The highest BCUT2D eigenvalue weighted by Gasteiger charge is 2.51. The highest BCUT2D eigenvalue weighted by atomic mass is 35.5. The van der Waals surface area contributed by atoms with Crippen LogP contribution in [0.3, 0.4) is 0 Å². The van der Waals surface area contributed by atoms with Gasteiger partial charge in [0.05, 0.1) is 31.3 Å². The smallest absolute Gasteiger partial charge is 0.411 e.